The third kappa shape index (κ3) is 2.79. The molecule has 1 fully saturated rings. The lowest BCUT2D eigenvalue weighted by Gasteiger charge is -2.24. The molecule has 0 radical (unpaired) electrons. The van der Waals surface area contributed by atoms with Gasteiger partial charge >= 0.3 is 0 Å². The Bertz CT molecular complexity index is 704. The summed E-state index contributed by atoms with van der Waals surface area (Å²) in [6.07, 6.45) is 2.01. The first-order valence-electron chi connectivity index (χ1n) is 7.20. The molecule has 1 N–H and O–H groups in total. The summed E-state index contributed by atoms with van der Waals surface area (Å²) >= 11 is 0. The van der Waals surface area contributed by atoms with E-state index in [2.05, 4.69) is 24.8 Å². The van der Waals surface area contributed by atoms with Gasteiger partial charge in [0.05, 0.1) is 11.7 Å². The molecule has 110 valence electrons. The van der Waals surface area contributed by atoms with Crippen molar-refractivity contribution in [3.05, 3.63) is 45.4 Å². The second-order valence-corrected chi connectivity index (χ2v) is 5.56. The van der Waals surface area contributed by atoms with Crippen LogP contribution in [0.5, 0.6) is 0 Å². The predicted octanol–water partition coefficient (Wildman–Crippen LogP) is 1.83. The first-order chi connectivity index (χ1) is 10.0. The van der Waals surface area contributed by atoms with Crippen LogP contribution in [0.15, 0.2) is 16.9 Å². The Morgan fingerprint density at radius 2 is 1.86 bits per heavy atom. The van der Waals surface area contributed by atoms with E-state index in [4.69, 9.17) is 0 Å². The maximum atomic E-state index is 11.7. The number of rotatable bonds is 2. The summed E-state index contributed by atoms with van der Waals surface area (Å²) in [7, 11) is 0. The summed E-state index contributed by atoms with van der Waals surface area (Å²) in [6.45, 7) is 6.64. The smallest absolute Gasteiger partial charge is 0.251 e. The summed E-state index contributed by atoms with van der Waals surface area (Å²) in [5, 5.41) is 0. The molecule has 1 aliphatic heterocycles. The van der Waals surface area contributed by atoms with Crippen molar-refractivity contribution >= 4 is 5.95 Å². The van der Waals surface area contributed by atoms with Crippen LogP contribution in [-0.2, 0) is 0 Å². The number of nitrogens with one attached hydrogen (secondary N) is 1. The minimum atomic E-state index is -0.106. The van der Waals surface area contributed by atoms with Crippen molar-refractivity contribution in [3.8, 4) is 0 Å². The molecule has 1 unspecified atom stereocenters. The Hall–Kier alpha value is -2.24. The number of nitrogens with zero attached hydrogens (tertiary/aromatic N) is 4. The summed E-state index contributed by atoms with van der Waals surface area (Å²) in [6, 6.07) is 3.62. The third-order valence-electron chi connectivity index (χ3n) is 3.70. The van der Waals surface area contributed by atoms with Crippen LogP contribution in [0.3, 0.4) is 0 Å². The van der Waals surface area contributed by atoms with Gasteiger partial charge in [-0.3, -0.25) is 4.79 Å². The van der Waals surface area contributed by atoms with E-state index < -0.39 is 0 Å². The first kappa shape index (κ1) is 13.7. The number of hydrogen-bond donors (Lipinski definition) is 1. The number of aromatic amines is 1. The van der Waals surface area contributed by atoms with E-state index in [0.717, 1.165) is 42.4 Å². The maximum absolute atomic E-state index is 11.7. The van der Waals surface area contributed by atoms with Gasteiger partial charge in [0.25, 0.3) is 5.56 Å². The van der Waals surface area contributed by atoms with Crippen molar-refractivity contribution in [2.75, 3.05) is 11.4 Å². The van der Waals surface area contributed by atoms with E-state index in [9.17, 15) is 4.79 Å². The largest absolute Gasteiger partial charge is 0.332 e. The van der Waals surface area contributed by atoms with E-state index in [1.165, 1.54) is 0 Å². The van der Waals surface area contributed by atoms with Crippen LogP contribution < -0.4 is 10.5 Å². The quantitative estimate of drug-likeness (QED) is 0.911. The lowest BCUT2D eigenvalue weighted by molar-refractivity contribution is 0.668. The molecule has 3 rings (SSSR count). The summed E-state index contributed by atoms with van der Waals surface area (Å²) < 4.78 is 0. The third-order valence-corrected chi connectivity index (χ3v) is 3.70. The van der Waals surface area contributed by atoms with Gasteiger partial charge in [-0.2, -0.15) is 0 Å². The Labute approximate surface area is 123 Å². The number of anilines is 1. The molecule has 0 spiro atoms. The highest BCUT2D eigenvalue weighted by atomic mass is 16.1. The number of aromatic nitrogens is 4. The van der Waals surface area contributed by atoms with Crippen molar-refractivity contribution < 1.29 is 0 Å². The lowest BCUT2D eigenvalue weighted by Crippen LogP contribution is -2.27. The fraction of sp³-hybridized carbons (Fsp3) is 0.467. The first-order valence-corrected chi connectivity index (χ1v) is 7.20. The minimum absolute atomic E-state index is 0.0761. The van der Waals surface area contributed by atoms with Crippen LogP contribution in [0.1, 0.15) is 41.8 Å². The van der Waals surface area contributed by atoms with E-state index >= 15 is 0 Å². The molecule has 6 nitrogen and oxygen atoms in total. The van der Waals surface area contributed by atoms with Crippen molar-refractivity contribution in [1.82, 2.24) is 19.9 Å². The highest BCUT2D eigenvalue weighted by Gasteiger charge is 2.29. The van der Waals surface area contributed by atoms with Gasteiger partial charge in [0.15, 0.2) is 0 Å². The Kier molecular flexibility index (Phi) is 3.45. The molecule has 0 aliphatic carbocycles. The van der Waals surface area contributed by atoms with Crippen LogP contribution in [0.4, 0.5) is 5.95 Å². The predicted molar refractivity (Wildman–Crippen MR) is 80.4 cm³/mol. The zero-order chi connectivity index (χ0) is 15.0. The molecule has 1 atom stereocenters. The Morgan fingerprint density at radius 1 is 1.14 bits per heavy atom. The molecular formula is C15H19N5O. The van der Waals surface area contributed by atoms with Gasteiger partial charge in [-0.15, -0.1) is 0 Å². The summed E-state index contributed by atoms with van der Waals surface area (Å²) in [5.74, 6) is 1.38. The second kappa shape index (κ2) is 5.27. The van der Waals surface area contributed by atoms with E-state index in [-0.39, 0.29) is 11.6 Å². The molecular weight excluding hydrogens is 266 g/mol. The minimum Gasteiger partial charge on any atom is -0.332 e. The molecule has 2 aromatic heterocycles. The van der Waals surface area contributed by atoms with E-state index in [1.807, 2.05) is 19.9 Å². The number of H-pyrrole nitrogens is 1. The molecule has 0 amide bonds. The molecule has 1 aliphatic rings. The van der Waals surface area contributed by atoms with Crippen LogP contribution in [0.2, 0.25) is 0 Å². The van der Waals surface area contributed by atoms with E-state index in [0.29, 0.717) is 5.82 Å². The molecule has 0 saturated carbocycles. The van der Waals surface area contributed by atoms with Crippen LogP contribution in [-0.4, -0.2) is 26.5 Å². The average Bonchev–Trinajstić information content (AvgIpc) is 2.85. The molecule has 0 bridgehead atoms. The topological polar surface area (TPSA) is 74.8 Å². The highest BCUT2D eigenvalue weighted by Crippen LogP contribution is 2.33. The van der Waals surface area contributed by atoms with Crippen molar-refractivity contribution in [3.63, 3.8) is 0 Å². The zero-order valence-corrected chi connectivity index (χ0v) is 12.6. The monoisotopic (exact) mass is 285 g/mol. The Morgan fingerprint density at radius 3 is 2.52 bits per heavy atom. The fourth-order valence-corrected chi connectivity index (χ4v) is 2.92. The fourth-order valence-electron chi connectivity index (χ4n) is 2.92. The van der Waals surface area contributed by atoms with Gasteiger partial charge in [0.1, 0.15) is 5.82 Å². The molecule has 3 heterocycles. The summed E-state index contributed by atoms with van der Waals surface area (Å²) in [4.78, 5) is 30.1. The molecule has 2 aromatic rings. The molecule has 1 saturated heterocycles. The average molecular weight is 285 g/mol. The van der Waals surface area contributed by atoms with Gasteiger partial charge in [0.2, 0.25) is 5.95 Å². The van der Waals surface area contributed by atoms with Gasteiger partial charge < -0.3 is 9.88 Å². The lowest BCUT2D eigenvalue weighted by atomic mass is 10.1. The van der Waals surface area contributed by atoms with Gasteiger partial charge in [0, 0.05) is 24.0 Å². The van der Waals surface area contributed by atoms with Gasteiger partial charge in [-0.05, 0) is 39.7 Å². The van der Waals surface area contributed by atoms with Gasteiger partial charge in [-0.25, -0.2) is 15.0 Å². The summed E-state index contributed by atoms with van der Waals surface area (Å²) in [5.41, 5.74) is 2.61. The van der Waals surface area contributed by atoms with Crippen molar-refractivity contribution in [2.24, 2.45) is 0 Å². The Balaban J connectivity index is 2.00. The zero-order valence-electron chi connectivity index (χ0n) is 12.6. The molecule has 6 heteroatoms. The van der Waals surface area contributed by atoms with Crippen LogP contribution >= 0.6 is 0 Å². The van der Waals surface area contributed by atoms with Crippen molar-refractivity contribution in [2.45, 2.75) is 39.7 Å². The standard InChI is InChI=1S/C15H19N5O/c1-9-7-10(2)17-15(16-9)20-6-4-5-13(20)12-8-14(21)19-11(3)18-12/h7-8,13H,4-6H2,1-3H3,(H,18,19,21). The second-order valence-electron chi connectivity index (χ2n) is 5.56. The van der Waals surface area contributed by atoms with Crippen LogP contribution in [0.25, 0.3) is 0 Å². The number of hydrogen-bond acceptors (Lipinski definition) is 5. The molecule has 21 heavy (non-hydrogen) atoms. The van der Waals surface area contributed by atoms with E-state index in [1.54, 1.807) is 13.0 Å². The van der Waals surface area contributed by atoms with Crippen molar-refractivity contribution in [1.29, 1.82) is 0 Å². The number of aryl methyl sites for hydroxylation is 3. The normalized spacial score (nSPS) is 18.2. The highest BCUT2D eigenvalue weighted by molar-refractivity contribution is 5.37. The maximum Gasteiger partial charge on any atom is 0.251 e. The van der Waals surface area contributed by atoms with Gasteiger partial charge in [-0.1, -0.05) is 0 Å². The molecule has 0 aromatic carbocycles. The SMILES string of the molecule is Cc1cc(C)nc(N2CCCC2c2cc(=O)[nH]c(C)n2)n1. The van der Waals surface area contributed by atoms with Crippen LogP contribution in [0, 0.1) is 20.8 Å².